The van der Waals surface area contributed by atoms with Crippen LogP contribution in [0.3, 0.4) is 0 Å². The van der Waals surface area contributed by atoms with E-state index in [1.165, 1.54) is 18.2 Å². The van der Waals surface area contributed by atoms with Crippen molar-refractivity contribution < 1.29 is 22.0 Å². The number of carbonyl (C=O) groups excluding carboxylic acids is 1. The molecule has 23 heavy (non-hydrogen) atoms. The zero-order chi connectivity index (χ0) is 17.0. The number of nitrogens with one attached hydrogen (secondary N) is 1. The number of benzene rings is 2. The number of rotatable bonds is 5. The first kappa shape index (κ1) is 17.4. The van der Waals surface area contributed by atoms with Gasteiger partial charge in [0, 0.05) is 5.02 Å². The van der Waals surface area contributed by atoms with E-state index >= 15 is 0 Å². The second-order valence-corrected chi connectivity index (χ2v) is 6.98. The first-order chi connectivity index (χ1) is 10.8. The summed E-state index contributed by atoms with van der Waals surface area (Å²) < 4.78 is 48.6. The first-order valence-electron chi connectivity index (χ1n) is 6.46. The second-order valence-electron chi connectivity index (χ2n) is 4.65. The predicted molar refractivity (Wildman–Crippen MR) is 83.4 cm³/mol. The van der Waals surface area contributed by atoms with Crippen LogP contribution in [0.25, 0.3) is 0 Å². The highest BCUT2D eigenvalue weighted by atomic mass is 35.5. The summed E-state index contributed by atoms with van der Waals surface area (Å²) in [5.41, 5.74) is 0.480. The highest BCUT2D eigenvalue weighted by Gasteiger charge is 2.29. The zero-order valence-electron chi connectivity index (χ0n) is 11.7. The summed E-state index contributed by atoms with van der Waals surface area (Å²) in [7, 11) is -4.80. The normalized spacial score (nSPS) is 11.5. The third-order valence-corrected chi connectivity index (χ3v) is 4.67. The molecule has 2 aromatic rings. The molecule has 0 unspecified atom stereocenters. The number of sulfone groups is 1. The Morgan fingerprint density at radius 1 is 1.09 bits per heavy atom. The molecular formula is C15H12ClF2NO3S. The minimum absolute atomic E-state index is 0.0414. The van der Waals surface area contributed by atoms with Crippen LogP contribution < -0.4 is 5.32 Å². The van der Waals surface area contributed by atoms with Gasteiger partial charge in [-0.15, -0.1) is 0 Å². The molecule has 0 aliphatic rings. The van der Waals surface area contributed by atoms with Gasteiger partial charge in [-0.1, -0.05) is 35.9 Å². The van der Waals surface area contributed by atoms with Gasteiger partial charge in [-0.05, 0) is 29.8 Å². The van der Waals surface area contributed by atoms with Gasteiger partial charge >= 0.3 is 5.76 Å². The highest BCUT2D eigenvalue weighted by Crippen LogP contribution is 2.26. The molecule has 8 heteroatoms. The van der Waals surface area contributed by atoms with E-state index in [4.69, 9.17) is 11.6 Å². The monoisotopic (exact) mass is 359 g/mol. The molecule has 0 saturated carbocycles. The van der Waals surface area contributed by atoms with Crippen LogP contribution in [0, 0.1) is 0 Å². The topological polar surface area (TPSA) is 63.2 Å². The lowest BCUT2D eigenvalue weighted by molar-refractivity contribution is -0.115. The number of alkyl halides is 2. The maximum Gasteiger partial charge on any atom is 0.341 e. The van der Waals surface area contributed by atoms with Crippen molar-refractivity contribution in [3.63, 3.8) is 0 Å². The Morgan fingerprint density at radius 3 is 2.30 bits per heavy atom. The number of hydrogen-bond acceptors (Lipinski definition) is 3. The van der Waals surface area contributed by atoms with Gasteiger partial charge in [0.15, 0.2) is 0 Å². The lowest BCUT2D eigenvalue weighted by atomic mass is 10.1. The van der Waals surface area contributed by atoms with E-state index in [1.54, 1.807) is 24.3 Å². The Balaban J connectivity index is 2.20. The van der Waals surface area contributed by atoms with Crippen molar-refractivity contribution in [1.82, 2.24) is 0 Å². The lowest BCUT2D eigenvalue weighted by Crippen LogP contribution is -2.19. The van der Waals surface area contributed by atoms with Gasteiger partial charge in [-0.25, -0.2) is 8.42 Å². The van der Waals surface area contributed by atoms with Crippen molar-refractivity contribution in [3.8, 4) is 0 Å². The lowest BCUT2D eigenvalue weighted by Gasteiger charge is -2.11. The van der Waals surface area contributed by atoms with Crippen molar-refractivity contribution in [2.45, 2.75) is 17.1 Å². The van der Waals surface area contributed by atoms with Crippen LogP contribution in [0.15, 0.2) is 53.4 Å². The minimum Gasteiger partial charge on any atom is -0.325 e. The molecule has 0 aromatic heterocycles. The van der Waals surface area contributed by atoms with Gasteiger partial charge in [0.2, 0.25) is 15.7 Å². The molecule has 0 aliphatic heterocycles. The van der Waals surface area contributed by atoms with E-state index in [1.807, 2.05) is 0 Å². The van der Waals surface area contributed by atoms with E-state index in [0.29, 0.717) is 10.6 Å². The van der Waals surface area contributed by atoms with Gasteiger partial charge in [-0.3, -0.25) is 4.79 Å². The molecule has 2 aromatic carbocycles. The van der Waals surface area contributed by atoms with Crippen LogP contribution in [0.2, 0.25) is 5.02 Å². The summed E-state index contributed by atoms with van der Waals surface area (Å²) in [4.78, 5) is 11.4. The Labute approximate surface area is 137 Å². The molecule has 0 saturated heterocycles. The maximum atomic E-state index is 12.7. The number of para-hydroxylation sites is 1. The quantitative estimate of drug-likeness (QED) is 0.888. The molecule has 0 aliphatic carbocycles. The zero-order valence-corrected chi connectivity index (χ0v) is 13.2. The molecule has 1 N–H and O–H groups in total. The summed E-state index contributed by atoms with van der Waals surface area (Å²) in [6.07, 6.45) is -0.0414. The Kier molecular flexibility index (Phi) is 5.33. The molecule has 4 nitrogen and oxygen atoms in total. The third-order valence-electron chi connectivity index (χ3n) is 2.98. The van der Waals surface area contributed by atoms with Gasteiger partial charge in [0.1, 0.15) is 0 Å². The summed E-state index contributed by atoms with van der Waals surface area (Å²) in [5.74, 6) is -4.08. The molecule has 0 atom stereocenters. The summed E-state index contributed by atoms with van der Waals surface area (Å²) in [6.45, 7) is 0. The largest absolute Gasteiger partial charge is 0.341 e. The minimum atomic E-state index is -4.80. The third kappa shape index (κ3) is 4.27. The molecule has 0 radical (unpaired) electrons. The fraction of sp³-hybridized carbons (Fsp3) is 0.133. The molecule has 0 bridgehead atoms. The molecule has 1 amide bonds. The van der Waals surface area contributed by atoms with Crippen molar-refractivity contribution in [1.29, 1.82) is 0 Å². The Bertz CT molecular complexity index is 808. The summed E-state index contributed by atoms with van der Waals surface area (Å²) in [5, 5.41) is 2.87. The number of hydrogen-bond donors (Lipinski definition) is 1. The molecule has 0 spiro atoms. The smallest absolute Gasteiger partial charge is 0.325 e. The van der Waals surface area contributed by atoms with E-state index in [0.717, 1.165) is 6.07 Å². The van der Waals surface area contributed by atoms with Gasteiger partial charge in [-0.2, -0.15) is 8.78 Å². The average Bonchev–Trinajstić information content (AvgIpc) is 2.50. The van der Waals surface area contributed by atoms with E-state index < -0.39 is 26.4 Å². The predicted octanol–water partition coefficient (Wildman–Crippen LogP) is 3.52. The van der Waals surface area contributed by atoms with E-state index in [9.17, 15) is 22.0 Å². The molecular weight excluding hydrogens is 348 g/mol. The van der Waals surface area contributed by atoms with Crippen LogP contribution in [-0.4, -0.2) is 20.1 Å². The Hall–Kier alpha value is -1.99. The van der Waals surface area contributed by atoms with Crippen LogP contribution in [0.5, 0.6) is 0 Å². The highest BCUT2D eigenvalue weighted by molar-refractivity contribution is 7.91. The number of carbonyl (C=O) groups is 1. The standard InChI is InChI=1S/C15H12ClF2NO3S/c16-11-7-5-10(6-8-11)9-14(20)19-12-3-1-2-4-13(12)23(21,22)15(17)18/h1-8,15H,9H2,(H,19,20). The SMILES string of the molecule is O=C(Cc1ccc(Cl)cc1)Nc1ccccc1S(=O)(=O)C(F)F. The molecule has 2 rings (SSSR count). The number of anilines is 1. The van der Waals surface area contributed by atoms with Crippen molar-refractivity contribution in [3.05, 3.63) is 59.1 Å². The maximum absolute atomic E-state index is 12.7. The average molecular weight is 360 g/mol. The van der Waals surface area contributed by atoms with Gasteiger partial charge < -0.3 is 5.32 Å². The molecule has 0 fully saturated rings. The number of amides is 1. The van der Waals surface area contributed by atoms with Crippen LogP contribution in [0.1, 0.15) is 5.56 Å². The van der Waals surface area contributed by atoms with Crippen molar-refractivity contribution in [2.75, 3.05) is 5.32 Å². The Morgan fingerprint density at radius 2 is 1.70 bits per heavy atom. The van der Waals surface area contributed by atoms with Crippen LogP contribution >= 0.6 is 11.6 Å². The summed E-state index contributed by atoms with van der Waals surface area (Å²) in [6, 6.07) is 11.5. The number of halogens is 3. The molecule has 0 heterocycles. The van der Waals surface area contributed by atoms with Crippen LogP contribution in [0.4, 0.5) is 14.5 Å². The molecule has 122 valence electrons. The second kappa shape index (κ2) is 7.06. The summed E-state index contributed by atoms with van der Waals surface area (Å²) >= 11 is 5.74. The van der Waals surface area contributed by atoms with Crippen molar-refractivity contribution in [2.24, 2.45) is 0 Å². The van der Waals surface area contributed by atoms with E-state index in [2.05, 4.69) is 5.32 Å². The first-order valence-corrected chi connectivity index (χ1v) is 8.38. The van der Waals surface area contributed by atoms with Crippen molar-refractivity contribution >= 4 is 33.0 Å². The van der Waals surface area contributed by atoms with Gasteiger partial charge in [0.05, 0.1) is 17.0 Å². The fourth-order valence-electron chi connectivity index (χ4n) is 1.90. The van der Waals surface area contributed by atoms with E-state index in [-0.39, 0.29) is 12.1 Å². The van der Waals surface area contributed by atoms with Gasteiger partial charge in [0.25, 0.3) is 0 Å². The van der Waals surface area contributed by atoms with Crippen LogP contribution in [-0.2, 0) is 21.1 Å². The fourth-order valence-corrected chi connectivity index (χ4v) is 2.91.